The summed E-state index contributed by atoms with van der Waals surface area (Å²) in [6, 6.07) is 1.17. The van der Waals surface area contributed by atoms with Crippen LogP contribution >= 0.6 is 0 Å². The van der Waals surface area contributed by atoms with Gasteiger partial charge in [-0.1, -0.05) is 0 Å². The van der Waals surface area contributed by atoms with Crippen LogP contribution in [0.25, 0.3) is 0 Å². The molecular formula is C18H26N2O6S. The Labute approximate surface area is 159 Å². The first-order valence-electron chi connectivity index (χ1n) is 9.44. The number of aryl methyl sites for hydroxylation is 1. The third-order valence-electron chi connectivity index (χ3n) is 5.35. The van der Waals surface area contributed by atoms with E-state index in [9.17, 15) is 18.0 Å². The third kappa shape index (κ3) is 4.19. The molecule has 0 radical (unpaired) electrons. The molecule has 1 aromatic heterocycles. The van der Waals surface area contributed by atoms with E-state index < -0.39 is 16.0 Å². The Morgan fingerprint density at radius 2 is 1.85 bits per heavy atom. The van der Waals surface area contributed by atoms with Crippen LogP contribution in [0.1, 0.15) is 61.3 Å². The van der Waals surface area contributed by atoms with Gasteiger partial charge in [0, 0.05) is 38.2 Å². The number of rotatable bonds is 6. The topological polar surface area (TPSA) is 108 Å². The van der Waals surface area contributed by atoms with E-state index >= 15 is 0 Å². The van der Waals surface area contributed by atoms with E-state index in [0.29, 0.717) is 26.1 Å². The van der Waals surface area contributed by atoms with Gasteiger partial charge in [-0.2, -0.15) is 4.31 Å². The van der Waals surface area contributed by atoms with Crippen molar-refractivity contribution in [1.82, 2.24) is 9.21 Å². The van der Waals surface area contributed by atoms with Gasteiger partial charge in [-0.25, -0.2) is 8.42 Å². The number of likely N-dealkylation sites (tertiary alicyclic amines) is 1. The Balaban J connectivity index is 1.81. The van der Waals surface area contributed by atoms with Crippen LogP contribution < -0.4 is 0 Å². The molecule has 2 aliphatic rings. The maximum atomic E-state index is 12.9. The van der Waals surface area contributed by atoms with E-state index in [-0.39, 0.29) is 34.8 Å². The summed E-state index contributed by atoms with van der Waals surface area (Å²) in [6.45, 7) is 3.05. The zero-order chi connectivity index (χ0) is 19.6. The molecule has 9 heteroatoms. The minimum Gasteiger partial charge on any atom is -0.481 e. The Morgan fingerprint density at radius 3 is 2.52 bits per heavy atom. The zero-order valence-corrected chi connectivity index (χ0v) is 16.3. The number of aliphatic carboxylic acids is 1. The normalized spacial score (nSPS) is 21.5. The largest absolute Gasteiger partial charge is 0.481 e. The monoisotopic (exact) mass is 398 g/mol. The van der Waals surface area contributed by atoms with E-state index in [2.05, 4.69) is 0 Å². The van der Waals surface area contributed by atoms with Crippen LogP contribution in [0.3, 0.4) is 0 Å². The second-order valence-electron chi connectivity index (χ2n) is 7.22. The van der Waals surface area contributed by atoms with Crippen molar-refractivity contribution in [2.75, 3.05) is 19.6 Å². The maximum Gasteiger partial charge on any atom is 0.303 e. The molecule has 150 valence electrons. The lowest BCUT2D eigenvalue weighted by atomic mass is 9.97. The van der Waals surface area contributed by atoms with Gasteiger partial charge in [0.05, 0.1) is 0 Å². The molecule has 2 fully saturated rings. The van der Waals surface area contributed by atoms with Crippen molar-refractivity contribution in [2.24, 2.45) is 0 Å². The number of amides is 1. The molecule has 1 N–H and O–H groups in total. The lowest BCUT2D eigenvalue weighted by Crippen LogP contribution is -2.43. The van der Waals surface area contributed by atoms with Gasteiger partial charge in [-0.05, 0) is 45.4 Å². The van der Waals surface area contributed by atoms with Crippen LogP contribution in [0.2, 0.25) is 0 Å². The molecule has 0 spiro atoms. The van der Waals surface area contributed by atoms with Gasteiger partial charge >= 0.3 is 5.97 Å². The Bertz CT molecular complexity index is 810. The van der Waals surface area contributed by atoms with E-state index in [4.69, 9.17) is 9.52 Å². The minimum absolute atomic E-state index is 0.000217. The van der Waals surface area contributed by atoms with E-state index in [0.717, 1.165) is 32.1 Å². The van der Waals surface area contributed by atoms with Crippen LogP contribution in [-0.4, -0.2) is 60.3 Å². The highest BCUT2D eigenvalue weighted by molar-refractivity contribution is 7.89. The molecule has 0 aliphatic carbocycles. The predicted octanol–water partition coefficient (Wildman–Crippen LogP) is 2.23. The maximum absolute atomic E-state index is 12.9. The van der Waals surface area contributed by atoms with Crippen molar-refractivity contribution in [1.29, 1.82) is 0 Å². The Kier molecular flexibility index (Phi) is 5.90. The van der Waals surface area contributed by atoms with Gasteiger partial charge in [0.15, 0.2) is 5.76 Å². The molecule has 1 unspecified atom stereocenters. The fraction of sp³-hybridized carbons (Fsp3) is 0.667. The van der Waals surface area contributed by atoms with Crippen molar-refractivity contribution in [2.45, 2.75) is 62.8 Å². The Morgan fingerprint density at radius 1 is 1.19 bits per heavy atom. The summed E-state index contributed by atoms with van der Waals surface area (Å²) in [5.41, 5.74) is 0. The first-order valence-corrected chi connectivity index (χ1v) is 10.9. The van der Waals surface area contributed by atoms with Crippen molar-refractivity contribution in [3.63, 3.8) is 0 Å². The first-order chi connectivity index (χ1) is 12.8. The average molecular weight is 398 g/mol. The van der Waals surface area contributed by atoms with Gasteiger partial charge in [-0.15, -0.1) is 0 Å². The van der Waals surface area contributed by atoms with Crippen LogP contribution in [-0.2, 0) is 14.8 Å². The molecule has 8 nitrogen and oxygen atoms in total. The summed E-state index contributed by atoms with van der Waals surface area (Å²) >= 11 is 0. The summed E-state index contributed by atoms with van der Waals surface area (Å²) in [5.74, 6) is -1.03. The molecule has 1 amide bonds. The van der Waals surface area contributed by atoms with Crippen molar-refractivity contribution in [3.8, 4) is 0 Å². The van der Waals surface area contributed by atoms with Crippen LogP contribution in [0.4, 0.5) is 0 Å². The highest BCUT2D eigenvalue weighted by atomic mass is 32.2. The molecule has 1 aromatic rings. The summed E-state index contributed by atoms with van der Waals surface area (Å²) in [4.78, 5) is 25.5. The number of hydrogen-bond donors (Lipinski definition) is 1. The standard InChI is InChI=1S/C18H26N2O6S/c1-13-16(27(24,25)19-9-4-5-10-19)12-15(26-13)18(23)20-11-3-2-6-14(20)7-8-17(21)22/h12,14H,2-11H2,1H3,(H,21,22). The number of piperidine rings is 1. The summed E-state index contributed by atoms with van der Waals surface area (Å²) in [6.07, 6.45) is 4.59. The summed E-state index contributed by atoms with van der Waals surface area (Å²) in [5, 5.41) is 8.93. The predicted molar refractivity (Wildman–Crippen MR) is 97.0 cm³/mol. The van der Waals surface area contributed by atoms with Crippen molar-refractivity contribution >= 4 is 21.9 Å². The number of furan rings is 1. The molecule has 3 rings (SSSR count). The molecule has 2 saturated heterocycles. The van der Waals surface area contributed by atoms with E-state index in [1.165, 1.54) is 10.4 Å². The van der Waals surface area contributed by atoms with E-state index in [1.807, 2.05) is 0 Å². The molecule has 2 aliphatic heterocycles. The fourth-order valence-electron chi connectivity index (χ4n) is 3.89. The minimum atomic E-state index is -3.66. The third-order valence-corrected chi connectivity index (χ3v) is 7.35. The highest BCUT2D eigenvalue weighted by Gasteiger charge is 2.34. The molecule has 1 atom stereocenters. The van der Waals surface area contributed by atoms with Crippen LogP contribution in [0, 0.1) is 6.92 Å². The fourth-order valence-corrected chi connectivity index (χ4v) is 5.57. The number of carbonyl (C=O) groups is 2. The molecule has 27 heavy (non-hydrogen) atoms. The highest BCUT2D eigenvalue weighted by Crippen LogP contribution is 2.29. The number of carbonyl (C=O) groups excluding carboxylic acids is 1. The summed E-state index contributed by atoms with van der Waals surface area (Å²) < 4.78 is 32.5. The van der Waals surface area contributed by atoms with Gasteiger partial charge < -0.3 is 14.4 Å². The number of carboxylic acids is 1. The SMILES string of the molecule is Cc1oc(C(=O)N2CCCCC2CCC(=O)O)cc1S(=O)(=O)N1CCCC1. The van der Waals surface area contributed by atoms with Crippen LogP contribution in [0.15, 0.2) is 15.4 Å². The summed E-state index contributed by atoms with van der Waals surface area (Å²) in [7, 11) is -3.66. The first kappa shape index (κ1) is 19.9. The zero-order valence-electron chi connectivity index (χ0n) is 15.5. The number of hydrogen-bond acceptors (Lipinski definition) is 5. The smallest absolute Gasteiger partial charge is 0.303 e. The molecule has 0 bridgehead atoms. The van der Waals surface area contributed by atoms with Crippen LogP contribution in [0.5, 0.6) is 0 Å². The molecule has 3 heterocycles. The lowest BCUT2D eigenvalue weighted by molar-refractivity contribution is -0.137. The van der Waals surface area contributed by atoms with Crippen molar-refractivity contribution in [3.05, 3.63) is 17.6 Å². The average Bonchev–Trinajstić information content (AvgIpc) is 3.30. The van der Waals surface area contributed by atoms with Gasteiger partial charge in [0.1, 0.15) is 10.7 Å². The second kappa shape index (κ2) is 8.02. The van der Waals surface area contributed by atoms with Gasteiger partial charge in [0.2, 0.25) is 10.0 Å². The van der Waals surface area contributed by atoms with Gasteiger partial charge in [-0.3, -0.25) is 9.59 Å². The molecule has 0 aromatic carbocycles. The number of nitrogens with zero attached hydrogens (tertiary/aromatic N) is 2. The van der Waals surface area contributed by atoms with Gasteiger partial charge in [0.25, 0.3) is 5.91 Å². The number of sulfonamides is 1. The molecular weight excluding hydrogens is 372 g/mol. The second-order valence-corrected chi connectivity index (χ2v) is 9.13. The van der Waals surface area contributed by atoms with E-state index in [1.54, 1.807) is 11.8 Å². The Hall–Kier alpha value is -1.87. The van der Waals surface area contributed by atoms with Crippen molar-refractivity contribution < 1.29 is 27.5 Å². The number of carboxylic acid groups (broad SMARTS) is 1. The molecule has 0 saturated carbocycles. The lowest BCUT2D eigenvalue weighted by Gasteiger charge is -2.35. The quantitative estimate of drug-likeness (QED) is 0.787.